The van der Waals surface area contributed by atoms with Crippen LogP contribution in [0.1, 0.15) is 12.0 Å². The van der Waals surface area contributed by atoms with Gasteiger partial charge in [-0.15, -0.1) is 0 Å². The Hall–Kier alpha value is -1.79. The van der Waals surface area contributed by atoms with Crippen LogP contribution in [-0.2, 0) is 6.54 Å². The second-order valence-corrected chi connectivity index (χ2v) is 6.34. The molecular weight excluding hydrogens is 399 g/mol. The molecule has 0 bridgehead atoms. The van der Waals surface area contributed by atoms with Crippen molar-refractivity contribution in [1.82, 2.24) is 10.6 Å². The zero-order chi connectivity index (χ0) is 17.4. The third kappa shape index (κ3) is 6.37. The number of carbonyl (C=O) groups is 1. The zero-order valence-corrected chi connectivity index (χ0v) is 15.2. The smallest absolute Gasteiger partial charge is 0.315 e. The van der Waals surface area contributed by atoms with Gasteiger partial charge in [0.15, 0.2) is 0 Å². The molecule has 0 aliphatic carbocycles. The molecule has 0 atom stereocenters. The fourth-order valence-electron chi connectivity index (χ4n) is 1.90. The van der Waals surface area contributed by atoms with E-state index in [9.17, 15) is 9.18 Å². The van der Waals surface area contributed by atoms with E-state index < -0.39 is 0 Å². The average Bonchev–Trinajstić information content (AvgIpc) is 2.56. The van der Waals surface area contributed by atoms with E-state index in [0.717, 1.165) is 10.0 Å². The molecule has 128 valence electrons. The molecule has 0 saturated carbocycles. The molecule has 4 nitrogen and oxygen atoms in total. The Bertz CT molecular complexity index is 683. The number of rotatable bonds is 7. The molecular formula is C17H17BrClFN2O2. The van der Waals surface area contributed by atoms with E-state index >= 15 is 0 Å². The van der Waals surface area contributed by atoms with Crippen molar-refractivity contribution in [3.05, 3.63) is 63.3 Å². The van der Waals surface area contributed by atoms with Crippen LogP contribution >= 0.6 is 27.5 Å². The van der Waals surface area contributed by atoms with Crippen molar-refractivity contribution in [2.75, 3.05) is 13.2 Å². The van der Waals surface area contributed by atoms with Gasteiger partial charge in [0, 0.05) is 17.6 Å². The monoisotopic (exact) mass is 414 g/mol. The average molecular weight is 416 g/mol. The number of ether oxygens (including phenoxy) is 1. The van der Waals surface area contributed by atoms with Crippen molar-refractivity contribution in [3.63, 3.8) is 0 Å². The number of carbonyl (C=O) groups excluding carboxylic acids is 1. The number of hydrogen-bond donors (Lipinski definition) is 2. The Morgan fingerprint density at radius 3 is 2.62 bits per heavy atom. The van der Waals surface area contributed by atoms with Crippen LogP contribution in [0.5, 0.6) is 5.75 Å². The minimum atomic E-state index is -0.297. The number of halogens is 3. The highest BCUT2D eigenvalue weighted by Gasteiger charge is 2.03. The zero-order valence-electron chi connectivity index (χ0n) is 12.8. The first kappa shape index (κ1) is 18.5. The first-order chi connectivity index (χ1) is 11.5. The molecule has 2 aromatic carbocycles. The maximum absolute atomic E-state index is 12.8. The molecule has 0 aromatic heterocycles. The molecule has 24 heavy (non-hydrogen) atoms. The van der Waals surface area contributed by atoms with Gasteiger partial charge in [0.25, 0.3) is 0 Å². The van der Waals surface area contributed by atoms with Crippen LogP contribution in [0.3, 0.4) is 0 Å². The summed E-state index contributed by atoms with van der Waals surface area (Å²) in [5.41, 5.74) is 0.833. The number of benzene rings is 2. The van der Waals surface area contributed by atoms with Crippen molar-refractivity contribution < 1.29 is 13.9 Å². The van der Waals surface area contributed by atoms with Crippen LogP contribution in [0.2, 0.25) is 5.02 Å². The van der Waals surface area contributed by atoms with Gasteiger partial charge in [-0.25, -0.2) is 9.18 Å². The lowest BCUT2D eigenvalue weighted by atomic mass is 10.2. The number of urea groups is 1. The Morgan fingerprint density at radius 2 is 1.92 bits per heavy atom. The summed E-state index contributed by atoms with van der Waals surface area (Å²) in [6.07, 6.45) is 0.649. The Morgan fingerprint density at radius 1 is 1.17 bits per heavy atom. The molecule has 0 spiro atoms. The van der Waals surface area contributed by atoms with E-state index in [1.54, 1.807) is 24.3 Å². The molecule has 0 saturated heterocycles. The summed E-state index contributed by atoms with van der Waals surface area (Å²) < 4.78 is 19.2. The molecule has 7 heteroatoms. The van der Waals surface area contributed by atoms with E-state index in [4.69, 9.17) is 16.3 Å². The summed E-state index contributed by atoms with van der Waals surface area (Å²) in [6.45, 7) is 1.26. The fourth-order valence-corrected chi connectivity index (χ4v) is 2.62. The third-order valence-electron chi connectivity index (χ3n) is 3.12. The van der Waals surface area contributed by atoms with E-state index in [1.165, 1.54) is 12.1 Å². The molecule has 0 radical (unpaired) electrons. The quantitative estimate of drug-likeness (QED) is 0.654. The Kier molecular flexibility index (Phi) is 7.34. The SMILES string of the molecule is O=C(NCCCOc1ccc(Br)cc1Cl)NCc1ccc(F)cc1. The highest BCUT2D eigenvalue weighted by atomic mass is 79.9. The summed E-state index contributed by atoms with van der Waals surface area (Å²) in [5.74, 6) is 0.315. The van der Waals surface area contributed by atoms with Crippen molar-refractivity contribution in [1.29, 1.82) is 0 Å². The van der Waals surface area contributed by atoms with Crippen molar-refractivity contribution >= 4 is 33.6 Å². The molecule has 2 amide bonds. The second kappa shape index (κ2) is 9.49. The fraction of sp³-hybridized carbons (Fsp3) is 0.235. The lowest BCUT2D eigenvalue weighted by molar-refractivity contribution is 0.238. The predicted octanol–water partition coefficient (Wildman–Crippen LogP) is 4.51. The lowest BCUT2D eigenvalue weighted by Crippen LogP contribution is -2.36. The van der Waals surface area contributed by atoms with Crippen molar-refractivity contribution in [3.8, 4) is 5.75 Å². The van der Waals surface area contributed by atoms with Crippen LogP contribution in [0.25, 0.3) is 0 Å². The third-order valence-corrected chi connectivity index (χ3v) is 3.91. The van der Waals surface area contributed by atoms with Crippen LogP contribution < -0.4 is 15.4 Å². The first-order valence-electron chi connectivity index (χ1n) is 7.38. The van der Waals surface area contributed by atoms with Crippen LogP contribution in [0, 0.1) is 5.82 Å². The summed E-state index contributed by atoms with van der Waals surface area (Å²) in [4.78, 5) is 11.6. The van der Waals surface area contributed by atoms with Crippen LogP contribution in [-0.4, -0.2) is 19.2 Å². The highest BCUT2D eigenvalue weighted by Crippen LogP contribution is 2.27. The molecule has 0 aliphatic heterocycles. The van der Waals surface area contributed by atoms with Gasteiger partial charge in [-0.3, -0.25) is 0 Å². The highest BCUT2D eigenvalue weighted by molar-refractivity contribution is 9.10. The molecule has 0 unspecified atom stereocenters. The van der Waals surface area contributed by atoms with E-state index in [-0.39, 0.29) is 11.8 Å². The van der Waals surface area contributed by atoms with Gasteiger partial charge >= 0.3 is 6.03 Å². The molecule has 2 rings (SSSR count). The summed E-state index contributed by atoms with van der Waals surface area (Å²) in [6, 6.07) is 11.1. The maximum Gasteiger partial charge on any atom is 0.315 e. The van der Waals surface area contributed by atoms with Gasteiger partial charge in [0.1, 0.15) is 11.6 Å². The van der Waals surface area contributed by atoms with Gasteiger partial charge in [-0.1, -0.05) is 39.7 Å². The van der Waals surface area contributed by atoms with Crippen molar-refractivity contribution in [2.45, 2.75) is 13.0 Å². The molecule has 0 fully saturated rings. The Labute approximate surface area is 153 Å². The van der Waals surface area contributed by atoms with E-state index in [1.807, 2.05) is 6.07 Å². The largest absolute Gasteiger partial charge is 0.492 e. The topological polar surface area (TPSA) is 50.4 Å². The van der Waals surface area contributed by atoms with E-state index in [0.29, 0.717) is 36.9 Å². The van der Waals surface area contributed by atoms with Gasteiger partial charge in [-0.2, -0.15) is 0 Å². The van der Waals surface area contributed by atoms with Gasteiger partial charge in [0.05, 0.1) is 11.6 Å². The molecule has 2 N–H and O–H groups in total. The van der Waals surface area contributed by atoms with Gasteiger partial charge in [-0.05, 0) is 42.3 Å². The summed E-state index contributed by atoms with van der Waals surface area (Å²) in [5, 5.41) is 5.97. The van der Waals surface area contributed by atoms with Gasteiger partial charge in [0.2, 0.25) is 0 Å². The predicted molar refractivity (Wildman–Crippen MR) is 95.9 cm³/mol. The van der Waals surface area contributed by atoms with Crippen molar-refractivity contribution in [2.24, 2.45) is 0 Å². The summed E-state index contributed by atoms with van der Waals surface area (Å²) >= 11 is 9.37. The second-order valence-electron chi connectivity index (χ2n) is 5.01. The van der Waals surface area contributed by atoms with Crippen LogP contribution in [0.4, 0.5) is 9.18 Å². The normalized spacial score (nSPS) is 10.3. The van der Waals surface area contributed by atoms with Crippen LogP contribution in [0.15, 0.2) is 46.9 Å². The minimum absolute atomic E-state index is 0.277. The van der Waals surface area contributed by atoms with Gasteiger partial charge < -0.3 is 15.4 Å². The first-order valence-corrected chi connectivity index (χ1v) is 8.55. The van der Waals surface area contributed by atoms with E-state index in [2.05, 4.69) is 26.6 Å². The molecule has 0 heterocycles. The standard InChI is InChI=1S/C17H17BrClFN2O2/c18-13-4-7-16(15(19)10-13)24-9-1-8-21-17(23)22-11-12-2-5-14(20)6-3-12/h2-7,10H,1,8-9,11H2,(H2,21,22,23). The minimum Gasteiger partial charge on any atom is -0.492 e. The lowest BCUT2D eigenvalue weighted by Gasteiger charge is -2.10. The molecule has 2 aromatic rings. The number of amides is 2. The summed E-state index contributed by atoms with van der Waals surface area (Å²) in [7, 11) is 0. The maximum atomic E-state index is 12.8. The number of hydrogen-bond acceptors (Lipinski definition) is 2. The number of nitrogens with one attached hydrogen (secondary N) is 2. The molecule has 0 aliphatic rings. The Balaban J connectivity index is 1.60.